The Morgan fingerprint density at radius 3 is 2.68 bits per heavy atom. The van der Waals surface area contributed by atoms with E-state index >= 15 is 0 Å². The van der Waals surface area contributed by atoms with E-state index in [4.69, 9.17) is 0 Å². The van der Waals surface area contributed by atoms with Gasteiger partial charge in [0.2, 0.25) is 17.6 Å². The number of hydrogen-bond donors (Lipinski definition) is 1. The van der Waals surface area contributed by atoms with Gasteiger partial charge >= 0.3 is 0 Å². The van der Waals surface area contributed by atoms with Crippen LogP contribution in [0.25, 0.3) is 11.4 Å². The lowest BCUT2D eigenvalue weighted by Gasteiger charge is -2.31. The van der Waals surface area contributed by atoms with Gasteiger partial charge < -0.3 is 10.2 Å². The topological polar surface area (TPSA) is 106 Å². The Morgan fingerprint density at radius 1 is 1.19 bits per heavy atom. The molecule has 2 aromatic heterocycles. The lowest BCUT2D eigenvalue weighted by Crippen LogP contribution is -2.41. The first-order valence-corrected chi connectivity index (χ1v) is 11.3. The molecule has 4 rings (SSSR count). The van der Waals surface area contributed by atoms with Crippen LogP contribution in [0.4, 0.5) is 5.13 Å². The molecule has 1 N–H and O–H groups in total. The number of nitrogens with one attached hydrogen (secondary N) is 1. The highest BCUT2D eigenvalue weighted by atomic mass is 32.1. The summed E-state index contributed by atoms with van der Waals surface area (Å²) in [6.07, 6.45) is 2.42. The number of carbonyl (C=O) groups excluding carboxylic acids is 2. The monoisotopic (exact) mass is 439 g/mol. The first-order chi connectivity index (χ1) is 15.1. The molecule has 1 aromatic carbocycles. The molecule has 3 aromatic rings. The molecule has 2 amide bonds. The number of tetrazole rings is 1. The van der Waals surface area contributed by atoms with Crippen LogP contribution in [0.1, 0.15) is 31.4 Å². The van der Waals surface area contributed by atoms with Gasteiger partial charge in [-0.3, -0.25) is 9.59 Å². The van der Waals surface area contributed by atoms with Gasteiger partial charge in [0.25, 0.3) is 0 Å². The minimum atomic E-state index is -0.0796. The van der Waals surface area contributed by atoms with E-state index in [1.165, 1.54) is 16.1 Å². The zero-order chi connectivity index (χ0) is 21.6. The maximum absolute atomic E-state index is 12.5. The summed E-state index contributed by atoms with van der Waals surface area (Å²) < 4.78 is 0. The molecule has 1 saturated heterocycles. The van der Waals surface area contributed by atoms with Crippen LogP contribution < -0.4 is 5.32 Å². The molecule has 0 atom stereocenters. The van der Waals surface area contributed by atoms with Crippen molar-refractivity contribution >= 4 is 28.3 Å². The molecule has 0 aliphatic carbocycles. The predicted molar refractivity (Wildman–Crippen MR) is 117 cm³/mol. The summed E-state index contributed by atoms with van der Waals surface area (Å²) >= 11 is 1.43. The molecule has 0 radical (unpaired) electrons. The summed E-state index contributed by atoms with van der Waals surface area (Å²) in [5, 5.41) is 18.0. The smallest absolute Gasteiger partial charge is 0.229 e. The molecule has 1 aliphatic heterocycles. The summed E-state index contributed by atoms with van der Waals surface area (Å²) in [5.41, 5.74) is 1.82. The second-order valence-electron chi connectivity index (χ2n) is 7.62. The van der Waals surface area contributed by atoms with Crippen molar-refractivity contribution in [1.82, 2.24) is 30.1 Å². The Kier molecular flexibility index (Phi) is 6.66. The number of aromatic nitrogens is 5. The Hall–Kier alpha value is -3.14. The number of anilines is 1. The molecule has 9 nitrogen and oxygen atoms in total. The first kappa shape index (κ1) is 21.1. The molecule has 31 heavy (non-hydrogen) atoms. The van der Waals surface area contributed by atoms with Gasteiger partial charge in [0, 0.05) is 36.4 Å². The van der Waals surface area contributed by atoms with E-state index in [0.717, 1.165) is 11.3 Å². The van der Waals surface area contributed by atoms with E-state index in [9.17, 15) is 9.59 Å². The summed E-state index contributed by atoms with van der Waals surface area (Å²) in [7, 11) is 0. The second-order valence-corrected chi connectivity index (χ2v) is 8.47. The molecule has 162 valence electrons. The number of piperidine rings is 1. The number of aryl methyl sites for hydroxylation is 2. The fraction of sp³-hybridized carbons (Fsp3) is 0.429. The van der Waals surface area contributed by atoms with Crippen molar-refractivity contribution in [2.45, 2.75) is 39.2 Å². The molecular weight excluding hydrogens is 414 g/mol. The average Bonchev–Trinajstić information content (AvgIpc) is 3.43. The molecule has 0 spiro atoms. The fourth-order valence-corrected chi connectivity index (χ4v) is 4.27. The molecule has 1 aliphatic rings. The van der Waals surface area contributed by atoms with E-state index in [1.54, 1.807) is 0 Å². The van der Waals surface area contributed by atoms with Crippen LogP contribution in [-0.2, 0) is 16.1 Å². The number of hydrogen-bond acceptors (Lipinski definition) is 7. The quantitative estimate of drug-likeness (QED) is 0.607. The fourth-order valence-electron chi connectivity index (χ4n) is 3.58. The van der Waals surface area contributed by atoms with Crippen LogP contribution in [0, 0.1) is 12.8 Å². The van der Waals surface area contributed by atoms with Crippen LogP contribution in [0.3, 0.4) is 0 Å². The number of nitrogens with zero attached hydrogens (tertiary/aromatic N) is 6. The Balaban J connectivity index is 1.18. The Morgan fingerprint density at radius 2 is 1.97 bits per heavy atom. The average molecular weight is 440 g/mol. The van der Waals surface area contributed by atoms with Gasteiger partial charge in [-0.1, -0.05) is 30.3 Å². The largest absolute Gasteiger partial charge is 0.343 e. The summed E-state index contributed by atoms with van der Waals surface area (Å²) in [6, 6.07) is 9.68. The molecule has 10 heteroatoms. The minimum Gasteiger partial charge on any atom is -0.343 e. The normalized spacial score (nSPS) is 14.5. The van der Waals surface area contributed by atoms with E-state index in [-0.39, 0.29) is 17.7 Å². The van der Waals surface area contributed by atoms with Crippen molar-refractivity contribution in [3.63, 3.8) is 0 Å². The van der Waals surface area contributed by atoms with Crippen LogP contribution in [-0.4, -0.2) is 55.0 Å². The van der Waals surface area contributed by atoms with Gasteiger partial charge in [-0.05, 0) is 31.4 Å². The summed E-state index contributed by atoms with van der Waals surface area (Å²) in [4.78, 5) is 32.6. The van der Waals surface area contributed by atoms with E-state index in [1.807, 2.05) is 47.5 Å². The van der Waals surface area contributed by atoms with Crippen molar-refractivity contribution in [1.29, 1.82) is 0 Å². The second kappa shape index (κ2) is 9.78. The van der Waals surface area contributed by atoms with Crippen LogP contribution in [0.5, 0.6) is 0 Å². The molecule has 1 fully saturated rings. The third-order valence-electron chi connectivity index (χ3n) is 5.30. The lowest BCUT2D eigenvalue weighted by molar-refractivity contribution is -0.134. The Bertz CT molecular complexity index is 1030. The zero-order valence-corrected chi connectivity index (χ0v) is 18.2. The highest BCUT2D eigenvalue weighted by Gasteiger charge is 2.27. The van der Waals surface area contributed by atoms with Crippen molar-refractivity contribution in [2.24, 2.45) is 5.92 Å². The van der Waals surface area contributed by atoms with Crippen LogP contribution in [0.15, 0.2) is 35.7 Å². The van der Waals surface area contributed by atoms with Crippen molar-refractivity contribution in [3.8, 4) is 11.4 Å². The van der Waals surface area contributed by atoms with Gasteiger partial charge in [0.05, 0.1) is 12.2 Å². The van der Waals surface area contributed by atoms with E-state index < -0.39 is 0 Å². The number of carbonyl (C=O) groups is 2. The molecule has 0 unspecified atom stereocenters. The Labute approximate surface area is 184 Å². The van der Waals surface area contributed by atoms with E-state index in [0.29, 0.717) is 56.3 Å². The SMILES string of the molecule is Cc1csc(NC(=O)C2CCN(C(=O)CCCn3nnc(-c4ccccc4)n3)CC2)n1. The molecule has 0 saturated carbocycles. The predicted octanol–water partition coefficient (Wildman–Crippen LogP) is 2.76. The first-order valence-electron chi connectivity index (χ1n) is 10.4. The van der Waals surface area contributed by atoms with Crippen molar-refractivity contribution < 1.29 is 9.59 Å². The number of likely N-dealkylation sites (tertiary alicyclic amines) is 1. The maximum Gasteiger partial charge on any atom is 0.229 e. The van der Waals surface area contributed by atoms with Gasteiger partial charge in [-0.2, -0.15) is 4.80 Å². The number of amides is 2. The van der Waals surface area contributed by atoms with E-state index in [2.05, 4.69) is 25.7 Å². The van der Waals surface area contributed by atoms with Gasteiger partial charge in [0.1, 0.15) is 0 Å². The lowest BCUT2D eigenvalue weighted by atomic mass is 9.95. The molecule has 3 heterocycles. The van der Waals surface area contributed by atoms with Crippen molar-refractivity contribution in [2.75, 3.05) is 18.4 Å². The van der Waals surface area contributed by atoms with Crippen molar-refractivity contribution in [3.05, 3.63) is 41.4 Å². The van der Waals surface area contributed by atoms with Gasteiger partial charge in [-0.25, -0.2) is 4.98 Å². The third kappa shape index (κ3) is 5.52. The standard InChI is InChI=1S/C21H25N7O2S/c1-15-14-31-21(22-15)23-20(30)17-9-12-27(13-10-17)18(29)8-5-11-28-25-19(24-26-28)16-6-3-2-4-7-16/h2-4,6-7,14,17H,5,8-13H2,1H3,(H,22,23,30). The summed E-state index contributed by atoms with van der Waals surface area (Å²) in [5.74, 6) is 0.606. The number of rotatable bonds is 7. The minimum absolute atomic E-state index is 0.00655. The van der Waals surface area contributed by atoms with Gasteiger partial charge in [-0.15, -0.1) is 21.5 Å². The van der Waals surface area contributed by atoms with Crippen LogP contribution >= 0.6 is 11.3 Å². The zero-order valence-electron chi connectivity index (χ0n) is 17.4. The summed E-state index contributed by atoms with van der Waals surface area (Å²) in [6.45, 7) is 3.65. The third-order valence-corrected chi connectivity index (χ3v) is 6.18. The highest BCUT2D eigenvalue weighted by Crippen LogP contribution is 2.22. The number of benzene rings is 1. The van der Waals surface area contributed by atoms with Crippen LogP contribution in [0.2, 0.25) is 0 Å². The van der Waals surface area contributed by atoms with Gasteiger partial charge in [0.15, 0.2) is 5.13 Å². The molecule has 0 bridgehead atoms. The highest BCUT2D eigenvalue weighted by molar-refractivity contribution is 7.13. The number of thiazole rings is 1. The molecular formula is C21H25N7O2S. The maximum atomic E-state index is 12.5.